The minimum atomic E-state index is -0.739. The van der Waals surface area contributed by atoms with Crippen LogP contribution in [0.15, 0.2) is 18.3 Å². The Hall–Kier alpha value is -1.66. The summed E-state index contributed by atoms with van der Waals surface area (Å²) < 4.78 is 10.3. The monoisotopic (exact) mass is 310 g/mol. The Balaban J connectivity index is 1.81. The van der Waals surface area contributed by atoms with E-state index in [1.807, 2.05) is 0 Å². The van der Waals surface area contributed by atoms with Crippen molar-refractivity contribution in [3.63, 3.8) is 0 Å². The molecular weight excluding hydrogens is 296 g/mol. The molecule has 6 nitrogen and oxygen atoms in total. The van der Waals surface area contributed by atoms with Crippen LogP contribution in [0.3, 0.4) is 0 Å². The van der Waals surface area contributed by atoms with Crippen molar-refractivity contribution in [1.82, 2.24) is 9.88 Å². The summed E-state index contributed by atoms with van der Waals surface area (Å²) in [7, 11) is 1.36. The van der Waals surface area contributed by atoms with Gasteiger partial charge in [0.25, 0.3) is 5.91 Å². The van der Waals surface area contributed by atoms with Gasteiger partial charge in [0.15, 0.2) is 0 Å². The summed E-state index contributed by atoms with van der Waals surface area (Å²) in [6.45, 7) is 1.53. The van der Waals surface area contributed by atoms with E-state index in [1.54, 1.807) is 17.0 Å². The van der Waals surface area contributed by atoms with Crippen molar-refractivity contribution in [1.29, 1.82) is 0 Å². The summed E-state index contributed by atoms with van der Waals surface area (Å²) in [6.07, 6.45) is 1.44. The second-order valence-corrected chi connectivity index (χ2v) is 5.84. The SMILES string of the molecule is COC(=O)[C@@]12COC[C@@H]1CN(C(=O)c1ccc(Cl)cn1)C2. The van der Waals surface area contributed by atoms with E-state index in [0.717, 1.165) is 0 Å². The van der Waals surface area contributed by atoms with Crippen LogP contribution in [0.25, 0.3) is 0 Å². The number of methoxy groups -OCH3 is 1. The van der Waals surface area contributed by atoms with Crippen LogP contribution in [0.2, 0.25) is 5.02 Å². The number of aromatic nitrogens is 1. The molecule has 7 heteroatoms. The molecule has 0 aliphatic carbocycles. The number of carbonyl (C=O) groups excluding carboxylic acids is 2. The molecule has 1 aromatic rings. The first-order valence-electron chi connectivity index (χ1n) is 6.64. The Bertz CT molecular complexity index is 577. The van der Waals surface area contributed by atoms with Crippen molar-refractivity contribution in [2.45, 2.75) is 0 Å². The summed E-state index contributed by atoms with van der Waals surface area (Å²) in [4.78, 5) is 30.2. The van der Waals surface area contributed by atoms with Crippen molar-refractivity contribution < 1.29 is 19.1 Å². The average molecular weight is 311 g/mol. The zero-order valence-corrected chi connectivity index (χ0v) is 12.3. The number of nitrogens with zero attached hydrogens (tertiary/aromatic N) is 2. The minimum Gasteiger partial charge on any atom is -0.468 e. The Morgan fingerprint density at radius 1 is 1.52 bits per heavy atom. The van der Waals surface area contributed by atoms with Crippen LogP contribution in [0.4, 0.5) is 0 Å². The summed E-state index contributed by atoms with van der Waals surface area (Å²) in [6, 6.07) is 3.21. The van der Waals surface area contributed by atoms with Crippen LogP contribution in [0.1, 0.15) is 10.5 Å². The number of halogens is 1. The molecule has 1 aromatic heterocycles. The van der Waals surface area contributed by atoms with Crippen LogP contribution < -0.4 is 0 Å². The molecule has 2 aliphatic heterocycles. The lowest BCUT2D eigenvalue weighted by atomic mass is 9.81. The smallest absolute Gasteiger partial charge is 0.316 e. The van der Waals surface area contributed by atoms with Gasteiger partial charge in [-0.1, -0.05) is 11.6 Å². The van der Waals surface area contributed by atoms with Gasteiger partial charge in [-0.05, 0) is 12.1 Å². The molecule has 0 unspecified atom stereocenters. The third-order valence-corrected chi connectivity index (χ3v) is 4.42. The average Bonchev–Trinajstić information content (AvgIpc) is 3.04. The summed E-state index contributed by atoms with van der Waals surface area (Å²) in [5.41, 5.74) is -0.420. The predicted molar refractivity (Wildman–Crippen MR) is 73.9 cm³/mol. The second-order valence-electron chi connectivity index (χ2n) is 5.41. The Labute approximate surface area is 127 Å². The fourth-order valence-electron chi connectivity index (χ4n) is 3.05. The fraction of sp³-hybridized carbons (Fsp3) is 0.500. The molecule has 1 amide bonds. The Kier molecular flexibility index (Phi) is 3.59. The van der Waals surface area contributed by atoms with Gasteiger partial charge in [0.1, 0.15) is 11.1 Å². The van der Waals surface area contributed by atoms with Crippen molar-refractivity contribution in [2.24, 2.45) is 11.3 Å². The number of esters is 1. The number of pyridine rings is 1. The van der Waals surface area contributed by atoms with Crippen LogP contribution >= 0.6 is 11.6 Å². The first kappa shape index (κ1) is 14.3. The molecule has 0 saturated carbocycles. The van der Waals surface area contributed by atoms with Gasteiger partial charge >= 0.3 is 5.97 Å². The van der Waals surface area contributed by atoms with E-state index in [1.165, 1.54) is 13.3 Å². The van der Waals surface area contributed by atoms with E-state index >= 15 is 0 Å². The van der Waals surface area contributed by atoms with E-state index in [-0.39, 0.29) is 17.8 Å². The van der Waals surface area contributed by atoms with Crippen molar-refractivity contribution in [3.8, 4) is 0 Å². The van der Waals surface area contributed by atoms with Crippen LogP contribution in [-0.4, -0.2) is 55.2 Å². The van der Waals surface area contributed by atoms with E-state index in [4.69, 9.17) is 21.1 Å². The molecule has 0 spiro atoms. The molecule has 2 atom stereocenters. The first-order chi connectivity index (χ1) is 10.1. The number of carbonyl (C=O) groups is 2. The standard InChI is InChI=1S/C14H15ClN2O4/c1-20-13(19)14-7-17(5-9(14)6-21-8-14)12(18)11-3-2-10(15)4-16-11/h2-4,9H,5-8H2,1H3/t9-,14-/m0/s1. The maximum absolute atomic E-state index is 12.5. The predicted octanol–water partition coefficient (Wildman–Crippen LogP) is 0.997. The van der Waals surface area contributed by atoms with E-state index in [0.29, 0.717) is 37.0 Å². The van der Waals surface area contributed by atoms with Crippen LogP contribution in [0.5, 0.6) is 0 Å². The normalized spacial score (nSPS) is 27.5. The molecule has 2 saturated heterocycles. The lowest BCUT2D eigenvalue weighted by molar-refractivity contribution is -0.153. The molecule has 2 aliphatic rings. The van der Waals surface area contributed by atoms with Gasteiger partial charge in [0.05, 0.1) is 25.3 Å². The third kappa shape index (κ3) is 2.28. The zero-order valence-electron chi connectivity index (χ0n) is 11.5. The van der Waals surface area contributed by atoms with Crippen LogP contribution in [0, 0.1) is 11.3 Å². The van der Waals surface area contributed by atoms with Gasteiger partial charge in [0.2, 0.25) is 0 Å². The van der Waals surface area contributed by atoms with Crippen molar-refractivity contribution in [2.75, 3.05) is 33.4 Å². The molecular formula is C14H15ClN2O4. The number of ether oxygens (including phenoxy) is 2. The lowest BCUT2D eigenvalue weighted by Gasteiger charge is -2.23. The van der Waals surface area contributed by atoms with E-state index < -0.39 is 5.41 Å². The number of hydrogen-bond donors (Lipinski definition) is 0. The summed E-state index contributed by atoms with van der Waals surface area (Å²) >= 11 is 5.77. The highest BCUT2D eigenvalue weighted by Gasteiger charge is 2.57. The van der Waals surface area contributed by atoms with Crippen molar-refractivity contribution >= 4 is 23.5 Å². The number of hydrogen-bond acceptors (Lipinski definition) is 5. The van der Waals surface area contributed by atoms with Gasteiger partial charge in [-0.25, -0.2) is 4.98 Å². The fourth-order valence-corrected chi connectivity index (χ4v) is 3.16. The maximum Gasteiger partial charge on any atom is 0.316 e. The maximum atomic E-state index is 12.5. The van der Waals surface area contributed by atoms with Gasteiger partial charge in [-0.2, -0.15) is 0 Å². The highest BCUT2D eigenvalue weighted by molar-refractivity contribution is 6.30. The number of rotatable bonds is 2. The van der Waals surface area contributed by atoms with E-state index in [2.05, 4.69) is 4.98 Å². The summed E-state index contributed by atoms with van der Waals surface area (Å²) in [5, 5.41) is 0.476. The number of amides is 1. The first-order valence-corrected chi connectivity index (χ1v) is 7.01. The quantitative estimate of drug-likeness (QED) is 0.762. The number of fused-ring (bicyclic) bond motifs is 1. The van der Waals surface area contributed by atoms with Gasteiger partial charge in [0, 0.05) is 25.2 Å². The van der Waals surface area contributed by atoms with Gasteiger partial charge < -0.3 is 14.4 Å². The molecule has 0 bridgehead atoms. The Morgan fingerprint density at radius 3 is 3.00 bits per heavy atom. The van der Waals surface area contributed by atoms with Crippen LogP contribution in [-0.2, 0) is 14.3 Å². The number of likely N-dealkylation sites (tertiary alicyclic amines) is 1. The highest BCUT2D eigenvalue weighted by atomic mass is 35.5. The molecule has 21 heavy (non-hydrogen) atoms. The third-order valence-electron chi connectivity index (χ3n) is 4.20. The molecule has 0 radical (unpaired) electrons. The molecule has 3 heterocycles. The van der Waals surface area contributed by atoms with Gasteiger partial charge in [-0.15, -0.1) is 0 Å². The lowest BCUT2D eigenvalue weighted by Crippen LogP contribution is -2.41. The largest absolute Gasteiger partial charge is 0.468 e. The topological polar surface area (TPSA) is 68.7 Å². The highest BCUT2D eigenvalue weighted by Crippen LogP contribution is 2.42. The summed E-state index contributed by atoms with van der Waals surface area (Å²) in [5.74, 6) is -0.546. The van der Waals surface area contributed by atoms with Crippen molar-refractivity contribution in [3.05, 3.63) is 29.0 Å². The van der Waals surface area contributed by atoms with Gasteiger partial charge in [-0.3, -0.25) is 9.59 Å². The molecule has 0 aromatic carbocycles. The molecule has 112 valence electrons. The Morgan fingerprint density at radius 2 is 2.33 bits per heavy atom. The molecule has 0 N–H and O–H groups in total. The molecule has 3 rings (SSSR count). The molecule has 2 fully saturated rings. The zero-order chi connectivity index (χ0) is 15.0. The minimum absolute atomic E-state index is 0.0267. The second kappa shape index (κ2) is 5.27. The van der Waals surface area contributed by atoms with E-state index in [9.17, 15) is 9.59 Å².